The highest BCUT2D eigenvalue weighted by Crippen LogP contribution is 2.25. The van der Waals surface area contributed by atoms with Gasteiger partial charge >= 0.3 is 5.00 Å². The molecule has 2 aromatic heterocycles. The molecule has 0 saturated heterocycles. The van der Waals surface area contributed by atoms with E-state index >= 15 is 0 Å². The Balaban J connectivity index is 2.17. The summed E-state index contributed by atoms with van der Waals surface area (Å²) < 4.78 is 1.19. The van der Waals surface area contributed by atoms with Crippen molar-refractivity contribution in [2.24, 2.45) is 0 Å². The first-order valence-electron chi connectivity index (χ1n) is 6.01. The van der Waals surface area contributed by atoms with E-state index in [1.165, 1.54) is 16.8 Å². The second kappa shape index (κ2) is 6.22. The maximum atomic E-state index is 12.0. The average Bonchev–Trinajstić information content (AvgIpc) is 2.90. The molecule has 0 bridgehead atoms. The SMILES string of the molecule is CCCn1nc(C(=O)Nc2ncc([N+](=O)[O-])s2)ccc1=O. The lowest BCUT2D eigenvalue weighted by atomic mass is 10.3. The molecule has 0 spiro atoms. The van der Waals surface area contributed by atoms with Crippen molar-refractivity contribution < 1.29 is 9.72 Å². The molecule has 1 N–H and O–H groups in total. The van der Waals surface area contributed by atoms with E-state index in [4.69, 9.17) is 0 Å². The molecule has 0 unspecified atom stereocenters. The van der Waals surface area contributed by atoms with Gasteiger partial charge in [-0.3, -0.25) is 25.0 Å². The van der Waals surface area contributed by atoms with Gasteiger partial charge in [-0.2, -0.15) is 5.10 Å². The Morgan fingerprint density at radius 1 is 1.52 bits per heavy atom. The lowest BCUT2D eigenvalue weighted by Crippen LogP contribution is -2.26. The topological polar surface area (TPSA) is 120 Å². The van der Waals surface area contributed by atoms with Crippen LogP contribution in [0.1, 0.15) is 23.8 Å². The Morgan fingerprint density at radius 3 is 2.90 bits per heavy atom. The van der Waals surface area contributed by atoms with Gasteiger partial charge < -0.3 is 0 Å². The standard InChI is InChI=1S/C11H11N5O4S/c1-2-5-15-8(17)4-3-7(14-15)10(18)13-11-12-6-9(21-11)16(19)20/h3-4,6H,2,5H2,1H3,(H,12,13,18). The first kappa shape index (κ1) is 14.8. The molecule has 0 aromatic carbocycles. The van der Waals surface area contributed by atoms with Gasteiger partial charge in [-0.25, -0.2) is 9.67 Å². The van der Waals surface area contributed by atoms with E-state index < -0.39 is 10.8 Å². The van der Waals surface area contributed by atoms with Crippen molar-refractivity contribution in [2.75, 3.05) is 5.32 Å². The number of hydrogen-bond donors (Lipinski definition) is 1. The largest absolute Gasteiger partial charge is 0.345 e. The Bertz CT molecular complexity index is 738. The highest BCUT2D eigenvalue weighted by molar-refractivity contribution is 7.18. The number of nitro groups is 1. The Hall–Kier alpha value is -2.62. The van der Waals surface area contributed by atoms with Gasteiger partial charge in [-0.15, -0.1) is 0 Å². The Labute approximate surface area is 122 Å². The number of hydrogen-bond acceptors (Lipinski definition) is 7. The van der Waals surface area contributed by atoms with Gasteiger partial charge in [0.25, 0.3) is 11.5 Å². The van der Waals surface area contributed by atoms with Crippen LogP contribution in [0.5, 0.6) is 0 Å². The Morgan fingerprint density at radius 2 is 2.29 bits per heavy atom. The molecule has 21 heavy (non-hydrogen) atoms. The predicted molar refractivity (Wildman–Crippen MR) is 75.5 cm³/mol. The molecule has 0 radical (unpaired) electrons. The molecule has 0 atom stereocenters. The van der Waals surface area contributed by atoms with Crippen molar-refractivity contribution >= 4 is 27.4 Å². The Kier molecular flexibility index (Phi) is 4.38. The molecule has 110 valence electrons. The van der Waals surface area contributed by atoms with Crippen molar-refractivity contribution in [2.45, 2.75) is 19.9 Å². The maximum absolute atomic E-state index is 12.0. The summed E-state index contributed by atoms with van der Waals surface area (Å²) in [5.41, 5.74) is -0.251. The minimum Gasteiger partial charge on any atom is -0.296 e. The average molecular weight is 309 g/mol. The van der Waals surface area contributed by atoms with Crippen molar-refractivity contribution in [3.8, 4) is 0 Å². The fourth-order valence-electron chi connectivity index (χ4n) is 1.51. The molecule has 0 aliphatic heterocycles. The van der Waals surface area contributed by atoms with Crippen LogP contribution in [0.25, 0.3) is 0 Å². The molecule has 2 rings (SSSR count). The van der Waals surface area contributed by atoms with Crippen LogP contribution in [0.4, 0.5) is 10.1 Å². The second-order valence-electron chi connectivity index (χ2n) is 3.99. The molecule has 0 aliphatic rings. The van der Waals surface area contributed by atoms with Crippen LogP contribution in [0.2, 0.25) is 0 Å². The maximum Gasteiger partial charge on any atom is 0.345 e. The molecular weight excluding hydrogens is 298 g/mol. The quantitative estimate of drug-likeness (QED) is 0.656. The van der Waals surface area contributed by atoms with E-state index in [-0.39, 0.29) is 21.4 Å². The third kappa shape index (κ3) is 3.48. The zero-order chi connectivity index (χ0) is 15.4. The zero-order valence-electron chi connectivity index (χ0n) is 11.0. The second-order valence-corrected chi connectivity index (χ2v) is 5.00. The number of rotatable bonds is 5. The number of carbonyl (C=O) groups excluding carboxylic acids is 1. The van der Waals surface area contributed by atoms with E-state index in [0.717, 1.165) is 17.5 Å². The molecule has 2 heterocycles. The smallest absolute Gasteiger partial charge is 0.296 e. The van der Waals surface area contributed by atoms with Gasteiger partial charge in [-0.05, 0) is 23.8 Å². The number of anilines is 1. The number of nitrogens with one attached hydrogen (secondary N) is 1. The van der Waals surface area contributed by atoms with Crippen LogP contribution in [-0.2, 0) is 6.54 Å². The van der Waals surface area contributed by atoms with Gasteiger partial charge in [0.05, 0.1) is 4.92 Å². The highest BCUT2D eigenvalue weighted by Gasteiger charge is 2.15. The predicted octanol–water partition coefficient (Wildman–Crippen LogP) is 1.27. The van der Waals surface area contributed by atoms with Gasteiger partial charge in [0.1, 0.15) is 11.9 Å². The van der Waals surface area contributed by atoms with Crippen LogP contribution in [0, 0.1) is 10.1 Å². The van der Waals surface area contributed by atoms with Crippen LogP contribution >= 0.6 is 11.3 Å². The van der Waals surface area contributed by atoms with Crippen molar-refractivity contribution in [3.05, 3.63) is 44.5 Å². The van der Waals surface area contributed by atoms with E-state index in [2.05, 4.69) is 15.4 Å². The normalized spacial score (nSPS) is 10.3. The number of aromatic nitrogens is 3. The molecular formula is C11H11N5O4S. The van der Waals surface area contributed by atoms with E-state index in [1.54, 1.807) is 0 Å². The van der Waals surface area contributed by atoms with Crippen LogP contribution in [0.15, 0.2) is 23.1 Å². The third-order valence-electron chi connectivity index (χ3n) is 2.43. The van der Waals surface area contributed by atoms with Crippen molar-refractivity contribution in [1.82, 2.24) is 14.8 Å². The monoisotopic (exact) mass is 309 g/mol. The third-order valence-corrected chi connectivity index (χ3v) is 3.29. The fourth-order valence-corrected chi connectivity index (χ4v) is 2.14. The summed E-state index contributed by atoms with van der Waals surface area (Å²) in [6.07, 6.45) is 1.77. The molecule has 0 fully saturated rings. The molecule has 9 nitrogen and oxygen atoms in total. The summed E-state index contributed by atoms with van der Waals surface area (Å²) in [5.74, 6) is -0.580. The van der Waals surface area contributed by atoms with Crippen LogP contribution in [0.3, 0.4) is 0 Å². The van der Waals surface area contributed by atoms with E-state index in [9.17, 15) is 19.7 Å². The van der Waals surface area contributed by atoms with Crippen LogP contribution < -0.4 is 10.9 Å². The minimum atomic E-state index is -0.590. The van der Waals surface area contributed by atoms with Gasteiger partial charge in [0.15, 0.2) is 5.13 Å². The van der Waals surface area contributed by atoms with Gasteiger partial charge in [-0.1, -0.05) is 6.92 Å². The molecule has 1 amide bonds. The first-order chi connectivity index (χ1) is 10.0. The number of thiazole rings is 1. The summed E-state index contributed by atoms with van der Waals surface area (Å²) >= 11 is 0.743. The van der Waals surface area contributed by atoms with E-state index in [0.29, 0.717) is 13.0 Å². The lowest BCUT2D eigenvalue weighted by Gasteiger charge is -2.05. The summed E-state index contributed by atoms with van der Waals surface area (Å²) in [6.45, 7) is 2.29. The molecule has 0 aliphatic carbocycles. The summed E-state index contributed by atoms with van der Waals surface area (Å²) in [7, 11) is 0. The van der Waals surface area contributed by atoms with Crippen molar-refractivity contribution in [1.29, 1.82) is 0 Å². The summed E-state index contributed by atoms with van der Waals surface area (Å²) in [5, 5.41) is 16.8. The molecule has 0 saturated carbocycles. The number of carbonyl (C=O) groups is 1. The van der Waals surface area contributed by atoms with Crippen LogP contribution in [-0.4, -0.2) is 25.6 Å². The first-order valence-corrected chi connectivity index (χ1v) is 6.82. The van der Waals surface area contributed by atoms with Gasteiger partial charge in [0.2, 0.25) is 0 Å². The zero-order valence-corrected chi connectivity index (χ0v) is 11.8. The van der Waals surface area contributed by atoms with Crippen molar-refractivity contribution in [3.63, 3.8) is 0 Å². The highest BCUT2D eigenvalue weighted by atomic mass is 32.1. The summed E-state index contributed by atoms with van der Waals surface area (Å²) in [4.78, 5) is 37.1. The lowest BCUT2D eigenvalue weighted by molar-refractivity contribution is -0.380. The minimum absolute atomic E-state index is 0.0425. The molecule has 10 heteroatoms. The summed E-state index contributed by atoms with van der Waals surface area (Å²) in [6, 6.07) is 2.55. The fraction of sp³-hybridized carbons (Fsp3) is 0.273. The number of amides is 1. The number of nitrogens with zero attached hydrogens (tertiary/aromatic N) is 4. The van der Waals surface area contributed by atoms with E-state index in [1.807, 2.05) is 6.92 Å². The number of aryl methyl sites for hydroxylation is 1. The van der Waals surface area contributed by atoms with Gasteiger partial charge in [0, 0.05) is 12.6 Å². The molecule has 2 aromatic rings.